The molecule has 0 aromatic heterocycles. The number of carbonyl (C=O) groups excluding carboxylic acids is 1. The molecular weight excluding hydrogens is 342 g/mol. The standard InChI is InChI=1S/C17H27N3O4S/c1-17(2,18)13-19-16(21)8-5-14-3-6-15(7-4-14)25(22,23)20-9-11-24-12-10-20/h3-4,6-7H,5,8-13,18H2,1-2H3,(H,19,21). The van der Waals surface area contributed by atoms with E-state index in [0.717, 1.165) is 5.56 Å². The summed E-state index contributed by atoms with van der Waals surface area (Å²) in [4.78, 5) is 12.1. The van der Waals surface area contributed by atoms with Gasteiger partial charge < -0.3 is 15.8 Å². The van der Waals surface area contributed by atoms with Gasteiger partial charge in [-0.3, -0.25) is 4.79 Å². The summed E-state index contributed by atoms with van der Waals surface area (Å²) in [7, 11) is -3.47. The molecule has 8 heteroatoms. The van der Waals surface area contributed by atoms with Gasteiger partial charge in [-0.1, -0.05) is 12.1 Å². The number of morpholine rings is 1. The van der Waals surface area contributed by atoms with E-state index in [0.29, 0.717) is 45.7 Å². The molecule has 1 aliphatic heterocycles. The molecular formula is C17H27N3O4S. The van der Waals surface area contributed by atoms with E-state index in [9.17, 15) is 13.2 Å². The smallest absolute Gasteiger partial charge is 0.243 e. The lowest BCUT2D eigenvalue weighted by Crippen LogP contribution is -2.45. The zero-order valence-electron chi connectivity index (χ0n) is 14.8. The van der Waals surface area contributed by atoms with Crippen LogP contribution in [0.3, 0.4) is 0 Å². The number of carbonyl (C=O) groups is 1. The topological polar surface area (TPSA) is 102 Å². The summed E-state index contributed by atoms with van der Waals surface area (Å²) >= 11 is 0. The van der Waals surface area contributed by atoms with Crippen LogP contribution >= 0.6 is 0 Å². The number of amides is 1. The SMILES string of the molecule is CC(C)(N)CNC(=O)CCc1ccc(S(=O)(=O)N2CCOCC2)cc1. The van der Waals surface area contributed by atoms with Gasteiger partial charge in [-0.15, -0.1) is 0 Å². The van der Waals surface area contributed by atoms with Gasteiger partial charge in [-0.2, -0.15) is 4.31 Å². The Morgan fingerprint density at radius 1 is 1.24 bits per heavy atom. The third kappa shape index (κ3) is 6.07. The number of aryl methyl sites for hydroxylation is 1. The monoisotopic (exact) mass is 369 g/mol. The van der Waals surface area contributed by atoms with Crippen LogP contribution in [-0.2, 0) is 26.0 Å². The van der Waals surface area contributed by atoms with Gasteiger partial charge in [-0.05, 0) is 38.0 Å². The largest absolute Gasteiger partial charge is 0.379 e. The number of nitrogens with two attached hydrogens (primary N) is 1. The Kier molecular flexibility index (Phi) is 6.56. The van der Waals surface area contributed by atoms with E-state index in [1.807, 2.05) is 13.8 Å². The third-order valence-electron chi connectivity index (χ3n) is 3.91. The number of nitrogens with one attached hydrogen (secondary N) is 1. The van der Waals surface area contributed by atoms with E-state index in [2.05, 4.69) is 5.32 Å². The van der Waals surface area contributed by atoms with Crippen LogP contribution in [0.2, 0.25) is 0 Å². The van der Waals surface area contributed by atoms with Crippen molar-refractivity contribution in [2.75, 3.05) is 32.8 Å². The summed E-state index contributed by atoms with van der Waals surface area (Å²) in [6, 6.07) is 6.71. The molecule has 3 N–H and O–H groups in total. The van der Waals surface area contributed by atoms with Crippen molar-refractivity contribution < 1.29 is 17.9 Å². The van der Waals surface area contributed by atoms with E-state index in [1.165, 1.54) is 4.31 Å². The van der Waals surface area contributed by atoms with Crippen LogP contribution in [0.1, 0.15) is 25.8 Å². The Bertz CT molecular complexity index is 675. The summed E-state index contributed by atoms with van der Waals surface area (Å²) < 4.78 is 31.7. The first-order chi connectivity index (χ1) is 11.7. The number of ether oxygens (including phenoxy) is 1. The van der Waals surface area contributed by atoms with Crippen molar-refractivity contribution in [3.8, 4) is 0 Å². The van der Waals surface area contributed by atoms with E-state index in [-0.39, 0.29) is 10.8 Å². The molecule has 1 saturated heterocycles. The van der Waals surface area contributed by atoms with Gasteiger partial charge in [0.1, 0.15) is 0 Å². The Hall–Kier alpha value is -1.48. The fraction of sp³-hybridized carbons (Fsp3) is 0.588. The molecule has 140 valence electrons. The minimum Gasteiger partial charge on any atom is -0.379 e. The zero-order valence-corrected chi connectivity index (χ0v) is 15.6. The molecule has 0 spiro atoms. The van der Waals surface area contributed by atoms with Crippen molar-refractivity contribution >= 4 is 15.9 Å². The molecule has 1 aliphatic rings. The maximum atomic E-state index is 12.5. The lowest BCUT2D eigenvalue weighted by Gasteiger charge is -2.26. The molecule has 1 aromatic rings. The first-order valence-electron chi connectivity index (χ1n) is 8.41. The molecule has 0 bridgehead atoms. The highest BCUT2D eigenvalue weighted by Crippen LogP contribution is 2.18. The first-order valence-corrected chi connectivity index (χ1v) is 9.85. The number of hydrogen-bond acceptors (Lipinski definition) is 5. The quantitative estimate of drug-likeness (QED) is 0.728. The Labute approximate surface area is 149 Å². The molecule has 1 aromatic carbocycles. The van der Waals surface area contributed by atoms with Crippen molar-refractivity contribution in [1.29, 1.82) is 0 Å². The summed E-state index contributed by atoms with van der Waals surface area (Å²) in [5.74, 6) is -0.0662. The fourth-order valence-corrected chi connectivity index (χ4v) is 3.84. The molecule has 0 atom stereocenters. The van der Waals surface area contributed by atoms with Crippen molar-refractivity contribution in [2.45, 2.75) is 37.1 Å². The van der Waals surface area contributed by atoms with Crippen LogP contribution in [0, 0.1) is 0 Å². The van der Waals surface area contributed by atoms with E-state index in [1.54, 1.807) is 24.3 Å². The van der Waals surface area contributed by atoms with Crippen LogP contribution in [0.4, 0.5) is 0 Å². The van der Waals surface area contributed by atoms with E-state index >= 15 is 0 Å². The molecule has 7 nitrogen and oxygen atoms in total. The van der Waals surface area contributed by atoms with Gasteiger partial charge in [0, 0.05) is 31.6 Å². The average molecular weight is 369 g/mol. The fourth-order valence-electron chi connectivity index (χ4n) is 2.44. The van der Waals surface area contributed by atoms with Crippen LogP contribution in [0.5, 0.6) is 0 Å². The lowest BCUT2D eigenvalue weighted by atomic mass is 10.1. The third-order valence-corrected chi connectivity index (χ3v) is 5.83. The summed E-state index contributed by atoms with van der Waals surface area (Å²) in [6.07, 6.45) is 0.889. The van der Waals surface area contributed by atoms with Crippen LogP contribution in [0.25, 0.3) is 0 Å². The predicted molar refractivity (Wildman–Crippen MR) is 95.6 cm³/mol. The second kappa shape index (κ2) is 8.27. The van der Waals surface area contributed by atoms with Gasteiger partial charge in [-0.25, -0.2) is 8.42 Å². The van der Waals surface area contributed by atoms with Gasteiger partial charge in [0.2, 0.25) is 15.9 Å². The first kappa shape index (κ1) is 19.8. The van der Waals surface area contributed by atoms with Crippen molar-refractivity contribution in [3.05, 3.63) is 29.8 Å². The molecule has 0 aliphatic carbocycles. The number of nitrogens with zero attached hydrogens (tertiary/aromatic N) is 1. The molecule has 2 rings (SSSR count). The summed E-state index contributed by atoms with van der Waals surface area (Å²) in [5.41, 5.74) is 6.31. The van der Waals surface area contributed by atoms with Crippen LogP contribution < -0.4 is 11.1 Å². The van der Waals surface area contributed by atoms with Crippen molar-refractivity contribution in [2.24, 2.45) is 5.73 Å². The molecule has 1 heterocycles. The predicted octanol–water partition coefficient (Wildman–Crippen LogP) is 0.494. The number of rotatable bonds is 7. The molecule has 1 fully saturated rings. The number of hydrogen-bond donors (Lipinski definition) is 2. The number of benzene rings is 1. The van der Waals surface area contributed by atoms with E-state index < -0.39 is 15.6 Å². The zero-order chi connectivity index (χ0) is 18.5. The average Bonchev–Trinajstić information content (AvgIpc) is 2.58. The summed E-state index contributed by atoms with van der Waals surface area (Å²) in [6.45, 7) is 5.71. The molecule has 0 radical (unpaired) electrons. The Balaban J connectivity index is 1.90. The minimum absolute atomic E-state index is 0.0662. The highest BCUT2D eigenvalue weighted by Gasteiger charge is 2.26. The van der Waals surface area contributed by atoms with Crippen molar-refractivity contribution in [3.63, 3.8) is 0 Å². The lowest BCUT2D eigenvalue weighted by molar-refractivity contribution is -0.121. The van der Waals surface area contributed by atoms with Gasteiger partial charge in [0.25, 0.3) is 0 Å². The van der Waals surface area contributed by atoms with Crippen LogP contribution in [0.15, 0.2) is 29.2 Å². The Morgan fingerprint density at radius 2 is 1.84 bits per heavy atom. The van der Waals surface area contributed by atoms with Crippen molar-refractivity contribution in [1.82, 2.24) is 9.62 Å². The molecule has 0 saturated carbocycles. The maximum absolute atomic E-state index is 12.5. The van der Waals surface area contributed by atoms with Gasteiger partial charge in [0.05, 0.1) is 18.1 Å². The highest BCUT2D eigenvalue weighted by molar-refractivity contribution is 7.89. The maximum Gasteiger partial charge on any atom is 0.243 e. The van der Waals surface area contributed by atoms with E-state index in [4.69, 9.17) is 10.5 Å². The summed E-state index contributed by atoms with van der Waals surface area (Å²) in [5, 5.41) is 2.79. The molecule has 0 unspecified atom stereocenters. The van der Waals surface area contributed by atoms with Gasteiger partial charge >= 0.3 is 0 Å². The second-order valence-electron chi connectivity index (χ2n) is 6.93. The molecule has 1 amide bonds. The van der Waals surface area contributed by atoms with Gasteiger partial charge in [0.15, 0.2) is 0 Å². The second-order valence-corrected chi connectivity index (χ2v) is 8.86. The normalized spacial score (nSPS) is 16.6. The van der Waals surface area contributed by atoms with Crippen LogP contribution in [-0.4, -0.2) is 57.0 Å². The highest BCUT2D eigenvalue weighted by atomic mass is 32.2. The minimum atomic E-state index is -3.47. The Morgan fingerprint density at radius 3 is 2.40 bits per heavy atom. The number of sulfonamides is 1. The molecule has 25 heavy (non-hydrogen) atoms.